The van der Waals surface area contributed by atoms with E-state index in [1.807, 2.05) is 6.92 Å². The maximum Gasteiger partial charge on any atom is 0.214 e. The molecule has 2 atom stereocenters. The molecule has 7 nitrogen and oxygen atoms in total. The van der Waals surface area contributed by atoms with Crippen molar-refractivity contribution in [1.82, 2.24) is 4.72 Å². The molecule has 18 heavy (non-hydrogen) atoms. The third-order valence-corrected chi connectivity index (χ3v) is 4.26. The van der Waals surface area contributed by atoms with Crippen LogP contribution in [-0.2, 0) is 14.8 Å². The van der Waals surface area contributed by atoms with E-state index in [4.69, 9.17) is 15.7 Å². The lowest BCUT2D eigenvalue weighted by Gasteiger charge is -2.18. The first-order valence-corrected chi connectivity index (χ1v) is 7.72. The summed E-state index contributed by atoms with van der Waals surface area (Å²) in [5.41, 5.74) is 5.46. The van der Waals surface area contributed by atoms with E-state index in [0.29, 0.717) is 13.0 Å². The van der Waals surface area contributed by atoms with Crippen LogP contribution in [0.3, 0.4) is 0 Å². The van der Waals surface area contributed by atoms with Crippen molar-refractivity contribution in [2.45, 2.75) is 44.8 Å². The topological polar surface area (TPSA) is 114 Å². The van der Waals surface area contributed by atoms with Crippen molar-refractivity contribution in [3.05, 3.63) is 0 Å². The zero-order valence-electron chi connectivity index (χ0n) is 10.5. The number of hydrogen-bond donors (Lipinski definition) is 3. The Morgan fingerprint density at radius 1 is 1.67 bits per heavy atom. The SMILES string of the molecule is CCCC(NS(=O)(=O)CC1CCCO1)C(N)=NO. The number of ether oxygens (including phenoxy) is 1. The fourth-order valence-electron chi connectivity index (χ4n) is 1.91. The number of oxime groups is 1. The molecule has 0 bridgehead atoms. The standard InChI is InChI=1S/C10H21N3O4S/c1-2-4-9(10(11)12-14)13-18(15,16)7-8-5-3-6-17-8/h8-9,13-14H,2-7H2,1H3,(H2,11,12). The molecule has 1 heterocycles. The Bertz CT molecular complexity index is 377. The number of sulfonamides is 1. The maximum absolute atomic E-state index is 11.9. The fourth-order valence-corrected chi connectivity index (χ4v) is 3.43. The summed E-state index contributed by atoms with van der Waals surface area (Å²) in [6.07, 6.45) is 2.60. The number of rotatable bonds is 7. The molecule has 0 radical (unpaired) electrons. The zero-order valence-corrected chi connectivity index (χ0v) is 11.3. The van der Waals surface area contributed by atoms with Crippen LogP contribution in [0.4, 0.5) is 0 Å². The van der Waals surface area contributed by atoms with Gasteiger partial charge in [0.15, 0.2) is 5.84 Å². The molecule has 2 unspecified atom stereocenters. The first kappa shape index (κ1) is 15.2. The van der Waals surface area contributed by atoms with Crippen molar-refractivity contribution >= 4 is 15.9 Å². The van der Waals surface area contributed by atoms with Gasteiger partial charge < -0.3 is 15.7 Å². The van der Waals surface area contributed by atoms with E-state index >= 15 is 0 Å². The fraction of sp³-hybridized carbons (Fsp3) is 0.900. The highest BCUT2D eigenvalue weighted by molar-refractivity contribution is 7.89. The van der Waals surface area contributed by atoms with E-state index in [1.54, 1.807) is 0 Å². The van der Waals surface area contributed by atoms with Crippen LogP contribution in [0.25, 0.3) is 0 Å². The summed E-state index contributed by atoms with van der Waals surface area (Å²) in [5.74, 6) is -0.195. The van der Waals surface area contributed by atoms with Gasteiger partial charge in [0.1, 0.15) is 0 Å². The minimum Gasteiger partial charge on any atom is -0.409 e. The molecule has 0 aliphatic carbocycles. The molecule has 1 rings (SSSR count). The van der Waals surface area contributed by atoms with Gasteiger partial charge in [0.05, 0.1) is 17.9 Å². The molecule has 1 aliphatic heterocycles. The zero-order chi connectivity index (χ0) is 13.6. The predicted molar refractivity (Wildman–Crippen MR) is 68.0 cm³/mol. The lowest BCUT2D eigenvalue weighted by atomic mass is 10.2. The van der Waals surface area contributed by atoms with Crippen LogP contribution in [-0.4, -0.2) is 44.0 Å². The minimum absolute atomic E-state index is 0.0775. The van der Waals surface area contributed by atoms with Gasteiger partial charge in [-0.15, -0.1) is 0 Å². The summed E-state index contributed by atoms with van der Waals surface area (Å²) in [6, 6.07) is -0.661. The predicted octanol–water partition coefficient (Wildman–Crippen LogP) is -0.0001000. The maximum atomic E-state index is 11.9. The van der Waals surface area contributed by atoms with E-state index in [2.05, 4.69) is 9.88 Å². The molecule has 1 saturated heterocycles. The highest BCUT2D eigenvalue weighted by Crippen LogP contribution is 2.14. The van der Waals surface area contributed by atoms with Gasteiger partial charge in [-0.25, -0.2) is 13.1 Å². The second-order valence-electron chi connectivity index (χ2n) is 4.40. The lowest BCUT2D eigenvalue weighted by Crippen LogP contribution is -2.46. The van der Waals surface area contributed by atoms with Crippen molar-refractivity contribution in [1.29, 1.82) is 0 Å². The van der Waals surface area contributed by atoms with Gasteiger partial charge in [-0.1, -0.05) is 18.5 Å². The molecular formula is C10H21N3O4S. The summed E-state index contributed by atoms with van der Waals surface area (Å²) >= 11 is 0. The van der Waals surface area contributed by atoms with E-state index < -0.39 is 16.1 Å². The summed E-state index contributed by atoms with van der Waals surface area (Å²) in [7, 11) is -3.49. The number of hydrogen-bond acceptors (Lipinski definition) is 5. The Morgan fingerprint density at radius 2 is 2.39 bits per heavy atom. The average molecular weight is 279 g/mol. The van der Waals surface area contributed by atoms with Crippen LogP contribution >= 0.6 is 0 Å². The molecular weight excluding hydrogens is 258 g/mol. The minimum atomic E-state index is -3.49. The monoisotopic (exact) mass is 279 g/mol. The smallest absolute Gasteiger partial charge is 0.214 e. The largest absolute Gasteiger partial charge is 0.409 e. The molecule has 0 aromatic carbocycles. The molecule has 8 heteroatoms. The van der Waals surface area contributed by atoms with Gasteiger partial charge in [-0.3, -0.25) is 0 Å². The highest BCUT2D eigenvalue weighted by Gasteiger charge is 2.26. The van der Waals surface area contributed by atoms with Crippen LogP contribution in [0.15, 0.2) is 5.16 Å². The van der Waals surface area contributed by atoms with Crippen LogP contribution in [0.2, 0.25) is 0 Å². The van der Waals surface area contributed by atoms with Crippen molar-refractivity contribution < 1.29 is 18.4 Å². The second kappa shape index (κ2) is 6.91. The Kier molecular flexibility index (Phi) is 5.83. The van der Waals surface area contributed by atoms with E-state index in [-0.39, 0.29) is 17.7 Å². The summed E-state index contributed by atoms with van der Waals surface area (Å²) in [5, 5.41) is 11.5. The first-order valence-electron chi connectivity index (χ1n) is 6.07. The number of nitrogens with two attached hydrogens (primary N) is 1. The van der Waals surface area contributed by atoms with Gasteiger partial charge >= 0.3 is 0 Å². The molecule has 0 aromatic heterocycles. The first-order chi connectivity index (χ1) is 8.48. The Balaban J connectivity index is 2.60. The quantitative estimate of drug-likeness (QED) is 0.263. The van der Waals surface area contributed by atoms with Crippen LogP contribution in [0.5, 0.6) is 0 Å². The van der Waals surface area contributed by atoms with Crippen molar-refractivity contribution in [3.63, 3.8) is 0 Å². The number of amidine groups is 1. The third-order valence-electron chi connectivity index (χ3n) is 2.80. The van der Waals surface area contributed by atoms with E-state index in [0.717, 1.165) is 19.3 Å². The Morgan fingerprint density at radius 3 is 2.89 bits per heavy atom. The summed E-state index contributed by atoms with van der Waals surface area (Å²) in [4.78, 5) is 0. The molecule has 4 N–H and O–H groups in total. The molecule has 0 saturated carbocycles. The van der Waals surface area contributed by atoms with Crippen LogP contribution in [0, 0.1) is 0 Å². The molecule has 0 spiro atoms. The number of nitrogens with one attached hydrogen (secondary N) is 1. The Labute approximate surface area is 107 Å². The van der Waals surface area contributed by atoms with Gasteiger partial charge in [0, 0.05) is 6.61 Å². The third kappa shape index (κ3) is 4.79. The van der Waals surface area contributed by atoms with E-state index in [1.165, 1.54) is 0 Å². The summed E-state index contributed by atoms with van der Waals surface area (Å²) < 4.78 is 31.6. The molecule has 0 amide bonds. The second-order valence-corrected chi connectivity index (χ2v) is 6.20. The molecule has 106 valence electrons. The average Bonchev–Trinajstić information content (AvgIpc) is 2.79. The highest BCUT2D eigenvalue weighted by atomic mass is 32.2. The molecule has 1 fully saturated rings. The normalized spacial score (nSPS) is 23.2. The van der Waals surface area contributed by atoms with Gasteiger partial charge in [-0.2, -0.15) is 0 Å². The summed E-state index contributed by atoms with van der Waals surface area (Å²) in [6.45, 7) is 2.50. The molecule has 0 aromatic rings. The Hall–Kier alpha value is -0.860. The molecule has 1 aliphatic rings. The van der Waals surface area contributed by atoms with Crippen molar-refractivity contribution in [3.8, 4) is 0 Å². The van der Waals surface area contributed by atoms with Crippen LogP contribution in [0.1, 0.15) is 32.6 Å². The van der Waals surface area contributed by atoms with Crippen LogP contribution < -0.4 is 10.5 Å². The number of nitrogens with zero attached hydrogens (tertiary/aromatic N) is 1. The van der Waals surface area contributed by atoms with Crippen molar-refractivity contribution in [2.75, 3.05) is 12.4 Å². The van der Waals surface area contributed by atoms with E-state index in [9.17, 15) is 8.42 Å². The lowest BCUT2D eigenvalue weighted by molar-refractivity contribution is 0.127. The van der Waals surface area contributed by atoms with Gasteiger partial charge in [-0.05, 0) is 19.3 Å². The van der Waals surface area contributed by atoms with Crippen molar-refractivity contribution in [2.24, 2.45) is 10.9 Å². The van der Waals surface area contributed by atoms with Gasteiger partial charge in [0.2, 0.25) is 10.0 Å². The van der Waals surface area contributed by atoms with Gasteiger partial charge in [0.25, 0.3) is 0 Å².